The molecule has 2 N–H and O–H groups in total. The van der Waals surface area contributed by atoms with Crippen molar-refractivity contribution in [1.82, 2.24) is 5.32 Å². The zero-order valence-electron chi connectivity index (χ0n) is 8.78. The number of halogens is 1. The fourth-order valence-electron chi connectivity index (χ4n) is 1.95. The lowest BCUT2D eigenvalue weighted by molar-refractivity contribution is 0.0586. The van der Waals surface area contributed by atoms with Crippen molar-refractivity contribution in [2.45, 2.75) is 38.0 Å². The SMILES string of the molecule is CC(NC1CC(O)C1)c1cccc(Cl)c1. The molecule has 1 aromatic rings. The summed E-state index contributed by atoms with van der Waals surface area (Å²) in [7, 11) is 0. The lowest BCUT2D eigenvalue weighted by Crippen LogP contribution is -2.45. The van der Waals surface area contributed by atoms with E-state index in [1.54, 1.807) is 0 Å². The topological polar surface area (TPSA) is 32.3 Å². The average molecular weight is 226 g/mol. The molecule has 1 unspecified atom stereocenters. The summed E-state index contributed by atoms with van der Waals surface area (Å²) in [5.74, 6) is 0. The molecule has 0 spiro atoms. The summed E-state index contributed by atoms with van der Waals surface area (Å²) in [5, 5.41) is 13.4. The Labute approximate surface area is 95.3 Å². The monoisotopic (exact) mass is 225 g/mol. The van der Waals surface area contributed by atoms with E-state index in [1.807, 2.05) is 18.2 Å². The summed E-state index contributed by atoms with van der Waals surface area (Å²) in [5.41, 5.74) is 1.20. The van der Waals surface area contributed by atoms with Gasteiger partial charge >= 0.3 is 0 Å². The molecule has 1 aliphatic carbocycles. The Hall–Kier alpha value is -0.570. The van der Waals surface area contributed by atoms with Crippen molar-refractivity contribution in [1.29, 1.82) is 0 Å². The van der Waals surface area contributed by atoms with Crippen molar-refractivity contribution in [3.63, 3.8) is 0 Å². The van der Waals surface area contributed by atoms with E-state index in [-0.39, 0.29) is 6.10 Å². The van der Waals surface area contributed by atoms with Gasteiger partial charge in [0.25, 0.3) is 0 Å². The number of hydrogen-bond acceptors (Lipinski definition) is 2. The molecule has 1 aliphatic rings. The van der Waals surface area contributed by atoms with E-state index in [2.05, 4.69) is 18.3 Å². The highest BCUT2D eigenvalue weighted by Crippen LogP contribution is 2.24. The van der Waals surface area contributed by atoms with Crippen LogP contribution in [-0.2, 0) is 0 Å². The molecule has 1 atom stereocenters. The minimum absolute atomic E-state index is 0.103. The van der Waals surface area contributed by atoms with Gasteiger partial charge in [0.1, 0.15) is 0 Å². The highest BCUT2D eigenvalue weighted by molar-refractivity contribution is 6.30. The first-order valence-corrected chi connectivity index (χ1v) is 5.72. The van der Waals surface area contributed by atoms with Crippen LogP contribution in [-0.4, -0.2) is 17.3 Å². The van der Waals surface area contributed by atoms with Crippen LogP contribution in [0.2, 0.25) is 5.02 Å². The molecule has 0 saturated heterocycles. The van der Waals surface area contributed by atoms with Crippen molar-refractivity contribution in [3.8, 4) is 0 Å². The fraction of sp³-hybridized carbons (Fsp3) is 0.500. The Bertz CT molecular complexity index is 336. The van der Waals surface area contributed by atoms with Gasteiger partial charge in [-0.1, -0.05) is 23.7 Å². The maximum absolute atomic E-state index is 9.18. The smallest absolute Gasteiger partial charge is 0.0570 e. The van der Waals surface area contributed by atoms with Crippen molar-refractivity contribution < 1.29 is 5.11 Å². The molecule has 0 bridgehead atoms. The third-order valence-electron chi connectivity index (χ3n) is 2.95. The number of nitrogens with one attached hydrogen (secondary N) is 1. The second-order valence-electron chi connectivity index (χ2n) is 4.27. The Morgan fingerprint density at radius 1 is 1.47 bits per heavy atom. The van der Waals surface area contributed by atoms with Crippen molar-refractivity contribution in [2.75, 3.05) is 0 Å². The number of aliphatic hydroxyl groups is 1. The second kappa shape index (κ2) is 4.52. The van der Waals surface area contributed by atoms with E-state index in [0.29, 0.717) is 12.1 Å². The predicted octanol–water partition coefficient (Wildman–Crippen LogP) is 2.51. The van der Waals surface area contributed by atoms with Gasteiger partial charge in [-0.05, 0) is 37.5 Å². The zero-order chi connectivity index (χ0) is 10.8. The predicted molar refractivity (Wildman–Crippen MR) is 62.0 cm³/mol. The second-order valence-corrected chi connectivity index (χ2v) is 4.70. The summed E-state index contributed by atoms with van der Waals surface area (Å²) in [6, 6.07) is 8.64. The van der Waals surface area contributed by atoms with Crippen molar-refractivity contribution in [3.05, 3.63) is 34.9 Å². The lowest BCUT2D eigenvalue weighted by Gasteiger charge is -2.34. The molecule has 1 aromatic carbocycles. The van der Waals surface area contributed by atoms with Crippen molar-refractivity contribution >= 4 is 11.6 Å². The summed E-state index contributed by atoms with van der Waals surface area (Å²) < 4.78 is 0. The standard InChI is InChI=1S/C12H16ClNO/c1-8(14-11-6-12(15)7-11)9-3-2-4-10(13)5-9/h2-5,8,11-12,14-15H,6-7H2,1H3. The lowest BCUT2D eigenvalue weighted by atomic mass is 9.88. The summed E-state index contributed by atoms with van der Waals surface area (Å²) in [6.45, 7) is 2.12. The van der Waals surface area contributed by atoms with Crippen LogP contribution in [0.15, 0.2) is 24.3 Å². The molecule has 0 heterocycles. The first-order valence-electron chi connectivity index (χ1n) is 5.34. The quantitative estimate of drug-likeness (QED) is 0.829. The maximum Gasteiger partial charge on any atom is 0.0570 e. The third-order valence-corrected chi connectivity index (χ3v) is 3.18. The molecule has 2 nitrogen and oxygen atoms in total. The van der Waals surface area contributed by atoms with E-state index in [1.165, 1.54) is 5.56 Å². The van der Waals surface area contributed by atoms with Crippen LogP contribution in [0.1, 0.15) is 31.4 Å². The number of aliphatic hydroxyl groups excluding tert-OH is 1. The molecule has 0 aliphatic heterocycles. The Kier molecular flexibility index (Phi) is 3.29. The Morgan fingerprint density at radius 2 is 2.20 bits per heavy atom. The van der Waals surface area contributed by atoms with Crippen LogP contribution in [0.4, 0.5) is 0 Å². The molecular weight excluding hydrogens is 210 g/mol. The molecule has 0 aromatic heterocycles. The summed E-state index contributed by atoms with van der Waals surface area (Å²) >= 11 is 5.93. The summed E-state index contributed by atoms with van der Waals surface area (Å²) in [6.07, 6.45) is 1.63. The highest BCUT2D eigenvalue weighted by atomic mass is 35.5. The van der Waals surface area contributed by atoms with Gasteiger partial charge < -0.3 is 10.4 Å². The molecule has 1 fully saturated rings. The van der Waals surface area contributed by atoms with Gasteiger partial charge in [0.15, 0.2) is 0 Å². The van der Waals surface area contributed by atoms with Gasteiger partial charge in [-0.2, -0.15) is 0 Å². The van der Waals surface area contributed by atoms with Crippen LogP contribution < -0.4 is 5.32 Å². The van der Waals surface area contributed by atoms with Gasteiger partial charge in [0.2, 0.25) is 0 Å². The zero-order valence-corrected chi connectivity index (χ0v) is 9.54. The Morgan fingerprint density at radius 3 is 2.80 bits per heavy atom. The van der Waals surface area contributed by atoms with Crippen LogP contribution in [0.5, 0.6) is 0 Å². The maximum atomic E-state index is 9.18. The van der Waals surface area contributed by atoms with Gasteiger partial charge in [-0.15, -0.1) is 0 Å². The van der Waals surface area contributed by atoms with E-state index >= 15 is 0 Å². The number of benzene rings is 1. The number of rotatable bonds is 3. The van der Waals surface area contributed by atoms with Crippen LogP contribution in [0, 0.1) is 0 Å². The molecule has 3 heteroatoms. The molecular formula is C12H16ClNO. The number of hydrogen-bond donors (Lipinski definition) is 2. The first-order chi connectivity index (χ1) is 7.15. The normalized spacial score (nSPS) is 27.1. The van der Waals surface area contributed by atoms with E-state index in [4.69, 9.17) is 11.6 Å². The van der Waals surface area contributed by atoms with Crippen LogP contribution in [0.3, 0.4) is 0 Å². The molecule has 2 rings (SSSR count). The largest absolute Gasteiger partial charge is 0.393 e. The van der Waals surface area contributed by atoms with Gasteiger partial charge in [0, 0.05) is 17.1 Å². The van der Waals surface area contributed by atoms with E-state index in [9.17, 15) is 5.11 Å². The molecule has 15 heavy (non-hydrogen) atoms. The van der Waals surface area contributed by atoms with Crippen molar-refractivity contribution in [2.24, 2.45) is 0 Å². The highest BCUT2D eigenvalue weighted by Gasteiger charge is 2.28. The van der Waals surface area contributed by atoms with Crippen LogP contribution >= 0.6 is 11.6 Å². The van der Waals surface area contributed by atoms with Gasteiger partial charge in [-0.3, -0.25) is 0 Å². The van der Waals surface area contributed by atoms with E-state index in [0.717, 1.165) is 17.9 Å². The molecule has 0 amide bonds. The third kappa shape index (κ3) is 2.71. The van der Waals surface area contributed by atoms with Crippen LogP contribution in [0.25, 0.3) is 0 Å². The summed E-state index contributed by atoms with van der Waals surface area (Å²) in [4.78, 5) is 0. The molecule has 82 valence electrons. The van der Waals surface area contributed by atoms with Gasteiger partial charge in [-0.25, -0.2) is 0 Å². The van der Waals surface area contributed by atoms with Gasteiger partial charge in [0.05, 0.1) is 6.10 Å². The minimum Gasteiger partial charge on any atom is -0.393 e. The first kappa shape index (κ1) is 10.9. The average Bonchev–Trinajstić information content (AvgIpc) is 2.15. The Balaban J connectivity index is 1.93. The van der Waals surface area contributed by atoms with E-state index < -0.39 is 0 Å². The molecule has 1 saturated carbocycles. The molecule has 0 radical (unpaired) electrons. The fourth-order valence-corrected chi connectivity index (χ4v) is 2.15. The minimum atomic E-state index is -0.103.